The number of carbonyl (C=O) groups excluding carboxylic acids is 1. The first-order chi connectivity index (χ1) is 12.1. The number of nitrogens with zero attached hydrogens (tertiary/aromatic N) is 4. The van der Waals surface area contributed by atoms with Gasteiger partial charge in [-0.15, -0.1) is 0 Å². The maximum absolute atomic E-state index is 12.3. The number of amides is 1. The van der Waals surface area contributed by atoms with E-state index in [1.807, 2.05) is 24.3 Å². The van der Waals surface area contributed by atoms with Crippen LogP contribution in [-0.2, 0) is 4.79 Å². The second-order valence-electron chi connectivity index (χ2n) is 5.69. The molecule has 4 rings (SSSR count). The number of nitro groups is 1. The maximum atomic E-state index is 12.3. The molecule has 1 amide bonds. The molecule has 2 aromatic carbocycles. The van der Waals surface area contributed by atoms with E-state index in [0.29, 0.717) is 17.0 Å². The number of benzene rings is 2. The van der Waals surface area contributed by atoms with Gasteiger partial charge in [-0.2, -0.15) is 5.26 Å². The van der Waals surface area contributed by atoms with Gasteiger partial charge in [-0.3, -0.25) is 20.2 Å². The molecule has 25 heavy (non-hydrogen) atoms. The number of rotatable bonds is 2. The first-order valence-electron chi connectivity index (χ1n) is 7.52. The Kier molecular flexibility index (Phi) is 3.22. The predicted octanol–water partition coefficient (Wildman–Crippen LogP) is 2.63. The number of hydrogen-bond acceptors (Lipinski definition) is 5. The lowest BCUT2D eigenvalue weighted by Gasteiger charge is -2.29. The zero-order valence-electron chi connectivity index (χ0n) is 12.8. The molecular formula is C17H11N5O3. The molecule has 1 N–H and O–H groups in total. The van der Waals surface area contributed by atoms with E-state index in [1.54, 1.807) is 22.8 Å². The lowest BCUT2D eigenvalue weighted by Crippen LogP contribution is -2.37. The summed E-state index contributed by atoms with van der Waals surface area (Å²) in [5.41, 5.74) is 1.84. The molecule has 8 nitrogen and oxygen atoms in total. The average Bonchev–Trinajstić information content (AvgIpc) is 2.98. The molecule has 0 saturated heterocycles. The lowest BCUT2D eigenvalue weighted by atomic mass is 9.91. The second kappa shape index (κ2) is 5.42. The Bertz CT molecular complexity index is 1070. The molecule has 3 aromatic rings. The molecule has 2 atom stereocenters. The topological polar surface area (TPSA) is 114 Å². The van der Waals surface area contributed by atoms with Gasteiger partial charge in [0.25, 0.3) is 5.69 Å². The number of hydrogen-bond donors (Lipinski definition) is 1. The molecular weight excluding hydrogens is 322 g/mol. The van der Waals surface area contributed by atoms with Crippen molar-refractivity contribution in [2.45, 2.75) is 6.04 Å². The summed E-state index contributed by atoms with van der Waals surface area (Å²) in [6.07, 6.45) is 0. The molecule has 0 spiro atoms. The highest BCUT2D eigenvalue weighted by Crippen LogP contribution is 2.38. The molecule has 1 aromatic heterocycles. The summed E-state index contributed by atoms with van der Waals surface area (Å²) < 4.78 is 1.75. The quantitative estimate of drug-likeness (QED) is 0.572. The number of nitriles is 1. The number of para-hydroxylation sites is 2. The van der Waals surface area contributed by atoms with E-state index >= 15 is 0 Å². The van der Waals surface area contributed by atoms with Gasteiger partial charge in [-0.1, -0.05) is 24.3 Å². The molecule has 0 fully saturated rings. The van der Waals surface area contributed by atoms with Gasteiger partial charge in [-0.25, -0.2) is 4.98 Å². The van der Waals surface area contributed by atoms with E-state index in [0.717, 1.165) is 5.52 Å². The van der Waals surface area contributed by atoms with Crippen LogP contribution >= 0.6 is 0 Å². The largest absolute Gasteiger partial charge is 0.300 e. The van der Waals surface area contributed by atoms with Crippen molar-refractivity contribution >= 4 is 28.6 Å². The number of nitro benzene ring substituents is 1. The van der Waals surface area contributed by atoms with E-state index < -0.39 is 22.8 Å². The van der Waals surface area contributed by atoms with Crippen LogP contribution in [0.4, 0.5) is 11.6 Å². The predicted molar refractivity (Wildman–Crippen MR) is 88.7 cm³/mol. The molecule has 1 aliphatic rings. The van der Waals surface area contributed by atoms with E-state index in [2.05, 4.69) is 10.3 Å². The Morgan fingerprint density at radius 1 is 1.24 bits per heavy atom. The monoisotopic (exact) mass is 333 g/mol. The van der Waals surface area contributed by atoms with Gasteiger partial charge in [0.15, 0.2) is 5.92 Å². The second-order valence-corrected chi connectivity index (χ2v) is 5.69. The van der Waals surface area contributed by atoms with Crippen LogP contribution < -0.4 is 5.32 Å². The summed E-state index contributed by atoms with van der Waals surface area (Å²) in [4.78, 5) is 27.3. The van der Waals surface area contributed by atoms with Gasteiger partial charge >= 0.3 is 0 Å². The minimum Gasteiger partial charge on any atom is -0.300 e. The fourth-order valence-corrected chi connectivity index (χ4v) is 3.19. The van der Waals surface area contributed by atoms with Gasteiger partial charge in [-0.05, 0) is 17.7 Å². The van der Waals surface area contributed by atoms with Gasteiger partial charge < -0.3 is 4.57 Å². The van der Waals surface area contributed by atoms with Crippen LogP contribution in [0.3, 0.4) is 0 Å². The van der Waals surface area contributed by atoms with Crippen molar-refractivity contribution in [1.29, 1.82) is 5.26 Å². The Hall–Kier alpha value is -3.73. The van der Waals surface area contributed by atoms with Crippen molar-refractivity contribution in [3.05, 3.63) is 64.2 Å². The Morgan fingerprint density at radius 3 is 2.80 bits per heavy atom. The van der Waals surface area contributed by atoms with Crippen LogP contribution in [0.25, 0.3) is 11.0 Å². The molecule has 0 unspecified atom stereocenters. The molecule has 1 aliphatic heterocycles. The fraction of sp³-hybridized carbons (Fsp3) is 0.118. The third-order valence-electron chi connectivity index (χ3n) is 4.27. The number of nitrogens with one attached hydrogen (secondary N) is 1. The molecule has 0 radical (unpaired) electrons. The lowest BCUT2D eigenvalue weighted by molar-refractivity contribution is -0.384. The molecule has 122 valence electrons. The van der Waals surface area contributed by atoms with E-state index in [9.17, 15) is 20.2 Å². The van der Waals surface area contributed by atoms with Crippen molar-refractivity contribution in [3.8, 4) is 6.07 Å². The number of anilines is 1. The normalized spacial score (nSPS) is 19.1. The Morgan fingerprint density at radius 2 is 2.04 bits per heavy atom. The highest BCUT2D eigenvalue weighted by Gasteiger charge is 2.39. The fourth-order valence-electron chi connectivity index (χ4n) is 3.19. The molecule has 0 saturated carbocycles. The van der Waals surface area contributed by atoms with E-state index in [4.69, 9.17) is 0 Å². The van der Waals surface area contributed by atoms with Crippen molar-refractivity contribution in [3.63, 3.8) is 0 Å². The zero-order valence-corrected chi connectivity index (χ0v) is 12.8. The summed E-state index contributed by atoms with van der Waals surface area (Å²) >= 11 is 0. The first kappa shape index (κ1) is 14.8. The number of non-ortho nitro benzene ring substituents is 1. The van der Waals surface area contributed by atoms with Gasteiger partial charge in [0.2, 0.25) is 11.9 Å². The average molecular weight is 333 g/mol. The summed E-state index contributed by atoms with van der Waals surface area (Å²) in [6, 6.07) is 14.6. The van der Waals surface area contributed by atoms with Gasteiger partial charge in [0.05, 0.1) is 28.1 Å². The minimum absolute atomic E-state index is 0.0915. The number of aromatic nitrogens is 2. The van der Waals surface area contributed by atoms with Crippen LogP contribution in [0.2, 0.25) is 0 Å². The molecule has 8 heteroatoms. The smallest absolute Gasteiger partial charge is 0.269 e. The number of imidazole rings is 1. The van der Waals surface area contributed by atoms with Crippen LogP contribution in [0.1, 0.15) is 11.6 Å². The first-order valence-corrected chi connectivity index (χ1v) is 7.52. The van der Waals surface area contributed by atoms with Crippen LogP contribution in [0.15, 0.2) is 48.5 Å². The van der Waals surface area contributed by atoms with Crippen LogP contribution in [0.5, 0.6) is 0 Å². The molecule has 0 bridgehead atoms. The van der Waals surface area contributed by atoms with Crippen molar-refractivity contribution in [2.75, 3.05) is 5.32 Å². The molecule has 0 aliphatic carbocycles. The summed E-state index contributed by atoms with van der Waals surface area (Å²) in [5, 5.41) is 23.3. The summed E-state index contributed by atoms with van der Waals surface area (Å²) in [7, 11) is 0. The Balaban J connectivity index is 1.99. The van der Waals surface area contributed by atoms with Gasteiger partial charge in [0.1, 0.15) is 0 Å². The highest BCUT2D eigenvalue weighted by atomic mass is 16.6. The summed E-state index contributed by atoms with van der Waals surface area (Å²) in [6.45, 7) is 0. The maximum Gasteiger partial charge on any atom is 0.269 e. The van der Waals surface area contributed by atoms with E-state index in [1.165, 1.54) is 12.1 Å². The third-order valence-corrected chi connectivity index (χ3v) is 4.27. The van der Waals surface area contributed by atoms with Crippen molar-refractivity contribution in [1.82, 2.24) is 9.55 Å². The van der Waals surface area contributed by atoms with Crippen molar-refractivity contribution < 1.29 is 9.72 Å². The SMILES string of the molecule is N#C[C@@H]1C(=O)Nc2nc3ccccc3n2[C@H]1c1cccc([N+](=O)[O-])c1. The van der Waals surface area contributed by atoms with Crippen LogP contribution in [0, 0.1) is 27.4 Å². The van der Waals surface area contributed by atoms with Crippen molar-refractivity contribution in [2.24, 2.45) is 5.92 Å². The standard InChI is InChI=1S/C17H11N5O3/c18-9-12-15(10-4-3-5-11(8-10)22(24)25)21-14-7-2-1-6-13(14)19-17(21)20-16(12)23/h1-8,12,15H,(H,19,20,23)/t12-,15-/m0/s1. The minimum atomic E-state index is -1.02. The number of carbonyl (C=O) groups is 1. The third kappa shape index (κ3) is 2.21. The van der Waals surface area contributed by atoms with E-state index in [-0.39, 0.29) is 5.69 Å². The van der Waals surface area contributed by atoms with Gasteiger partial charge in [0, 0.05) is 12.1 Å². The Labute approximate surface area is 141 Å². The summed E-state index contributed by atoms with van der Waals surface area (Å²) in [5.74, 6) is -1.16. The highest BCUT2D eigenvalue weighted by molar-refractivity contribution is 5.97. The zero-order chi connectivity index (χ0) is 17.6. The molecule has 2 heterocycles. The number of fused-ring (bicyclic) bond motifs is 3. The van der Waals surface area contributed by atoms with Crippen LogP contribution in [-0.4, -0.2) is 20.4 Å².